The lowest BCUT2D eigenvalue weighted by atomic mass is 10.1. The predicted octanol–water partition coefficient (Wildman–Crippen LogP) is 0.410. The molecule has 2 aromatic rings. The van der Waals surface area contributed by atoms with Crippen LogP contribution in [0.2, 0.25) is 0 Å². The molecular formula is C22H28N4O7S. The number of nitrogens with one attached hydrogen (secondary N) is 1. The number of ketones is 1. The zero-order valence-corrected chi connectivity index (χ0v) is 20.2. The average Bonchev–Trinajstić information content (AvgIpc) is 2.77. The van der Waals surface area contributed by atoms with Crippen molar-refractivity contribution in [2.75, 3.05) is 18.9 Å². The van der Waals surface area contributed by atoms with E-state index in [1.165, 1.54) is 13.1 Å². The van der Waals surface area contributed by atoms with Crippen LogP contribution in [0, 0.1) is 12.8 Å². The minimum Gasteiger partial charge on any atom is -0.456 e. The van der Waals surface area contributed by atoms with Gasteiger partial charge in [0, 0.05) is 19.0 Å². The van der Waals surface area contributed by atoms with Crippen LogP contribution in [0.25, 0.3) is 6.08 Å². The van der Waals surface area contributed by atoms with Crippen LogP contribution in [0.1, 0.15) is 35.3 Å². The van der Waals surface area contributed by atoms with E-state index in [4.69, 9.17) is 10.5 Å². The molecule has 0 saturated heterocycles. The Balaban J connectivity index is 2.03. The molecule has 0 aliphatic carbocycles. The molecule has 1 aromatic carbocycles. The molecule has 0 radical (unpaired) electrons. The minimum atomic E-state index is -3.94. The van der Waals surface area contributed by atoms with Crippen molar-refractivity contribution in [1.82, 2.24) is 13.9 Å². The smallest absolute Gasteiger partial charge is 0.332 e. The number of ether oxygens (including phenoxy) is 1. The van der Waals surface area contributed by atoms with Crippen molar-refractivity contribution in [2.24, 2.45) is 13.0 Å². The number of sulfonamides is 1. The predicted molar refractivity (Wildman–Crippen MR) is 128 cm³/mol. The van der Waals surface area contributed by atoms with Crippen LogP contribution in [-0.2, 0) is 33.1 Å². The highest BCUT2D eigenvalue weighted by atomic mass is 32.2. The molecule has 34 heavy (non-hydrogen) atoms. The molecule has 0 unspecified atom stereocenters. The van der Waals surface area contributed by atoms with Crippen LogP contribution in [0.4, 0.5) is 5.82 Å². The number of anilines is 1. The average molecular weight is 493 g/mol. The van der Waals surface area contributed by atoms with Gasteiger partial charge in [0.2, 0.25) is 15.8 Å². The number of carbonyl (C=O) groups is 2. The lowest BCUT2D eigenvalue weighted by Crippen LogP contribution is -2.43. The van der Waals surface area contributed by atoms with Crippen LogP contribution in [0.15, 0.2) is 39.3 Å². The Bertz CT molecular complexity index is 1320. The van der Waals surface area contributed by atoms with Crippen LogP contribution in [0.5, 0.6) is 0 Å². The summed E-state index contributed by atoms with van der Waals surface area (Å²) in [5.41, 5.74) is 5.53. The van der Waals surface area contributed by atoms with Gasteiger partial charge in [-0.2, -0.15) is 0 Å². The molecule has 0 spiro atoms. The van der Waals surface area contributed by atoms with Gasteiger partial charge < -0.3 is 10.5 Å². The molecule has 0 saturated carbocycles. The van der Waals surface area contributed by atoms with Gasteiger partial charge in [-0.15, -0.1) is 0 Å². The first kappa shape index (κ1) is 26.7. The normalized spacial score (nSPS) is 11.8. The summed E-state index contributed by atoms with van der Waals surface area (Å²) in [6, 6.07) is 7.12. The zero-order valence-electron chi connectivity index (χ0n) is 19.4. The monoisotopic (exact) mass is 492 g/mol. The SMILES string of the molecule is Cc1ccc(/C=C/S(=O)(=O)NCC(=O)OCC(=O)c2c(N)n(CC(C)C)c(=O)n(C)c2=O)cc1. The highest BCUT2D eigenvalue weighted by Gasteiger charge is 2.23. The Morgan fingerprint density at radius 1 is 1.18 bits per heavy atom. The third-order valence-corrected chi connectivity index (χ3v) is 5.75. The summed E-state index contributed by atoms with van der Waals surface area (Å²) in [5.74, 6) is -2.26. The summed E-state index contributed by atoms with van der Waals surface area (Å²) in [5, 5.41) is 0.901. The number of esters is 1. The van der Waals surface area contributed by atoms with Gasteiger partial charge in [0.05, 0.1) is 0 Å². The van der Waals surface area contributed by atoms with Crippen molar-refractivity contribution < 1.29 is 22.7 Å². The molecule has 0 bridgehead atoms. The largest absolute Gasteiger partial charge is 0.456 e. The number of rotatable bonds is 10. The zero-order chi connectivity index (χ0) is 25.6. The van der Waals surface area contributed by atoms with Gasteiger partial charge in [0.15, 0.2) is 6.61 Å². The molecule has 0 amide bonds. The fourth-order valence-electron chi connectivity index (χ4n) is 2.91. The highest BCUT2D eigenvalue weighted by Crippen LogP contribution is 2.09. The number of Topliss-reactive ketones (excluding diaryl/α,β-unsaturated/α-hetero) is 1. The van der Waals surface area contributed by atoms with Crippen LogP contribution in [0.3, 0.4) is 0 Å². The number of nitrogen functional groups attached to an aromatic ring is 1. The van der Waals surface area contributed by atoms with Gasteiger partial charge in [-0.25, -0.2) is 17.9 Å². The molecule has 11 nitrogen and oxygen atoms in total. The summed E-state index contributed by atoms with van der Waals surface area (Å²) in [7, 11) is -2.73. The molecule has 0 fully saturated rings. The first-order valence-corrected chi connectivity index (χ1v) is 11.9. The Morgan fingerprint density at radius 2 is 1.79 bits per heavy atom. The quantitative estimate of drug-likeness (QED) is 0.356. The van der Waals surface area contributed by atoms with Gasteiger partial charge in [-0.05, 0) is 24.5 Å². The topological polar surface area (TPSA) is 160 Å². The Hall–Kier alpha value is -3.51. The number of nitrogens with two attached hydrogens (primary N) is 1. The number of nitrogens with zero attached hydrogens (tertiary/aromatic N) is 2. The number of carbonyl (C=O) groups excluding carboxylic acids is 2. The molecule has 2 rings (SSSR count). The molecule has 184 valence electrons. The van der Waals surface area contributed by atoms with Crippen LogP contribution < -0.4 is 21.7 Å². The van der Waals surface area contributed by atoms with E-state index in [9.17, 15) is 27.6 Å². The van der Waals surface area contributed by atoms with E-state index >= 15 is 0 Å². The Morgan fingerprint density at radius 3 is 2.38 bits per heavy atom. The van der Waals surface area contributed by atoms with Crippen molar-refractivity contribution in [2.45, 2.75) is 27.3 Å². The minimum absolute atomic E-state index is 0.00589. The van der Waals surface area contributed by atoms with E-state index in [1.807, 2.05) is 37.6 Å². The van der Waals surface area contributed by atoms with Crippen LogP contribution >= 0.6 is 0 Å². The molecular weight excluding hydrogens is 464 g/mol. The fourth-order valence-corrected chi connectivity index (χ4v) is 3.66. The Labute approximate surface area is 196 Å². The van der Waals surface area contributed by atoms with Gasteiger partial charge >= 0.3 is 11.7 Å². The first-order valence-electron chi connectivity index (χ1n) is 10.3. The molecule has 1 heterocycles. The first-order chi connectivity index (χ1) is 15.8. The number of aromatic nitrogens is 2. The van der Waals surface area contributed by atoms with E-state index in [-0.39, 0.29) is 18.3 Å². The van der Waals surface area contributed by atoms with Crippen molar-refractivity contribution in [3.05, 3.63) is 67.2 Å². The molecule has 0 aliphatic heterocycles. The van der Waals surface area contributed by atoms with Gasteiger partial charge in [0.1, 0.15) is 17.9 Å². The molecule has 1 aromatic heterocycles. The van der Waals surface area contributed by atoms with E-state index in [1.54, 1.807) is 12.1 Å². The molecule has 0 aliphatic rings. The van der Waals surface area contributed by atoms with E-state index < -0.39 is 51.7 Å². The standard InChI is InChI=1S/C22H28N4O7S/c1-14(2)12-26-20(23)19(21(29)25(4)22(26)30)17(27)13-33-18(28)11-24-34(31,32)10-9-16-7-5-15(3)6-8-16/h5-10,14,24H,11-13,23H2,1-4H3/b10-9+. The summed E-state index contributed by atoms with van der Waals surface area (Å²) in [4.78, 5) is 49.2. The third kappa shape index (κ3) is 6.99. The van der Waals surface area contributed by atoms with Crippen molar-refractivity contribution in [1.29, 1.82) is 0 Å². The maximum atomic E-state index is 12.5. The van der Waals surface area contributed by atoms with E-state index in [0.717, 1.165) is 20.1 Å². The van der Waals surface area contributed by atoms with Gasteiger partial charge in [-0.3, -0.25) is 23.5 Å². The maximum Gasteiger partial charge on any atom is 0.332 e. The second kappa shape index (κ2) is 11.1. The fraction of sp³-hybridized carbons (Fsp3) is 0.364. The van der Waals surface area contributed by atoms with E-state index in [0.29, 0.717) is 5.56 Å². The van der Waals surface area contributed by atoms with Gasteiger partial charge in [-0.1, -0.05) is 43.7 Å². The molecule has 3 N–H and O–H groups in total. The molecule has 12 heteroatoms. The number of hydrogen-bond donors (Lipinski definition) is 2. The number of benzene rings is 1. The Kier molecular flexibility index (Phi) is 8.71. The van der Waals surface area contributed by atoms with E-state index in [2.05, 4.69) is 0 Å². The summed E-state index contributed by atoms with van der Waals surface area (Å²) in [6.45, 7) is 4.16. The second-order valence-corrected chi connectivity index (χ2v) is 9.73. The lowest BCUT2D eigenvalue weighted by molar-refractivity contribution is -0.141. The van der Waals surface area contributed by atoms with Crippen molar-refractivity contribution in [3.63, 3.8) is 0 Å². The number of aryl methyl sites for hydroxylation is 1. The maximum absolute atomic E-state index is 12.5. The van der Waals surface area contributed by atoms with Crippen LogP contribution in [-0.4, -0.2) is 42.5 Å². The summed E-state index contributed by atoms with van der Waals surface area (Å²) < 4.78 is 32.8. The third-order valence-electron chi connectivity index (χ3n) is 4.71. The second-order valence-electron chi connectivity index (χ2n) is 8.07. The highest BCUT2D eigenvalue weighted by molar-refractivity contribution is 7.92. The molecule has 0 atom stereocenters. The lowest BCUT2D eigenvalue weighted by Gasteiger charge is -2.16. The van der Waals surface area contributed by atoms with Gasteiger partial charge in [0.25, 0.3) is 5.56 Å². The summed E-state index contributed by atoms with van der Waals surface area (Å²) in [6.07, 6.45) is 1.36. The van der Waals surface area contributed by atoms with Crippen molar-refractivity contribution >= 4 is 33.7 Å². The number of hydrogen-bond acceptors (Lipinski definition) is 8. The van der Waals surface area contributed by atoms with Crippen molar-refractivity contribution in [3.8, 4) is 0 Å². The summed E-state index contributed by atoms with van der Waals surface area (Å²) >= 11 is 0.